The first-order valence-corrected chi connectivity index (χ1v) is 23.2. The van der Waals surface area contributed by atoms with Gasteiger partial charge >= 0.3 is 0 Å². The molecule has 1 unspecified atom stereocenters. The van der Waals surface area contributed by atoms with Crippen LogP contribution in [-0.2, 0) is 5.41 Å². The Balaban J connectivity index is 1.03. The number of hydrogen-bond acceptors (Lipinski definition) is 2. The minimum absolute atomic E-state index is 0.578. The van der Waals surface area contributed by atoms with Gasteiger partial charge in [0.25, 0.3) is 0 Å². The van der Waals surface area contributed by atoms with Crippen molar-refractivity contribution in [3.05, 3.63) is 289 Å². The van der Waals surface area contributed by atoms with Crippen LogP contribution in [0, 0.1) is 0 Å². The zero-order chi connectivity index (χ0) is 44.3. The van der Waals surface area contributed by atoms with Gasteiger partial charge < -0.3 is 9.80 Å². The summed E-state index contributed by atoms with van der Waals surface area (Å²) >= 11 is 0. The number of anilines is 6. The van der Waals surface area contributed by atoms with E-state index >= 15 is 0 Å². The average Bonchev–Trinajstić information content (AvgIpc) is 3.87. The molecule has 0 saturated carbocycles. The molecule has 2 aliphatic rings. The van der Waals surface area contributed by atoms with Crippen LogP contribution in [0.3, 0.4) is 0 Å². The third-order valence-electron chi connectivity index (χ3n) is 14.1. The molecule has 11 aromatic carbocycles. The molecule has 2 aliphatic carbocycles. The predicted molar refractivity (Wildman–Crippen MR) is 280 cm³/mol. The van der Waals surface area contributed by atoms with Crippen LogP contribution in [0.4, 0.5) is 34.1 Å². The van der Waals surface area contributed by atoms with Gasteiger partial charge in [0, 0.05) is 33.9 Å². The Morgan fingerprint density at radius 2 is 0.731 bits per heavy atom. The summed E-state index contributed by atoms with van der Waals surface area (Å²) in [5.41, 5.74) is 21.2. The molecular weight excluding hydrogens is 809 g/mol. The van der Waals surface area contributed by atoms with Crippen molar-refractivity contribution in [3.8, 4) is 44.5 Å². The van der Waals surface area contributed by atoms with Gasteiger partial charge in [0.1, 0.15) is 0 Å². The highest BCUT2D eigenvalue weighted by Crippen LogP contribution is 2.65. The normalized spacial score (nSPS) is 14.0. The molecule has 67 heavy (non-hydrogen) atoms. The topological polar surface area (TPSA) is 6.48 Å². The van der Waals surface area contributed by atoms with E-state index in [4.69, 9.17) is 0 Å². The van der Waals surface area contributed by atoms with Gasteiger partial charge in [-0.05, 0) is 127 Å². The van der Waals surface area contributed by atoms with Crippen LogP contribution < -0.4 is 9.80 Å². The maximum absolute atomic E-state index is 2.49. The average molecular weight is 853 g/mol. The van der Waals surface area contributed by atoms with E-state index in [1.807, 2.05) is 0 Å². The Hall–Kier alpha value is -8.72. The molecule has 0 aliphatic heterocycles. The second kappa shape index (κ2) is 15.8. The largest absolute Gasteiger partial charge is 0.310 e. The highest BCUT2D eigenvalue weighted by Gasteiger charge is 2.52. The summed E-state index contributed by atoms with van der Waals surface area (Å²) in [6.07, 6.45) is 0. The standard InChI is InChI=1S/C65H44N2/c1-4-20-46(21-5-1)54-29-14-17-36-62(54)67(49-26-8-3-9-27-49)63-37-19-35-60-64(63)57-31-13-16-34-59(57)65(60)58-33-15-12-30-55(58)56-43-42-51(44-61(56)65)66(48-24-6-2-7-25-48)50-40-38-47(39-41-50)53-32-18-23-45-22-10-11-28-52(45)53/h1-44H. The number of hydrogen-bond donors (Lipinski definition) is 0. The molecule has 0 heterocycles. The Labute approximate surface area is 391 Å². The Bertz CT molecular complexity index is 3630. The lowest BCUT2D eigenvalue weighted by Crippen LogP contribution is -2.26. The van der Waals surface area contributed by atoms with Crippen LogP contribution in [0.15, 0.2) is 267 Å². The molecule has 2 nitrogen and oxygen atoms in total. The summed E-state index contributed by atoms with van der Waals surface area (Å²) in [5, 5.41) is 2.50. The van der Waals surface area contributed by atoms with Crippen LogP contribution in [0.2, 0.25) is 0 Å². The van der Waals surface area contributed by atoms with Gasteiger partial charge in [-0.25, -0.2) is 0 Å². The molecule has 0 radical (unpaired) electrons. The number of para-hydroxylation sites is 3. The van der Waals surface area contributed by atoms with E-state index in [2.05, 4.69) is 277 Å². The van der Waals surface area contributed by atoms with Gasteiger partial charge in [0.15, 0.2) is 0 Å². The summed E-state index contributed by atoms with van der Waals surface area (Å²) in [7, 11) is 0. The van der Waals surface area contributed by atoms with Gasteiger partial charge in [0.2, 0.25) is 0 Å². The number of nitrogens with zero attached hydrogens (tertiary/aromatic N) is 2. The molecule has 0 bridgehead atoms. The number of rotatable bonds is 8. The summed E-state index contributed by atoms with van der Waals surface area (Å²) in [4.78, 5) is 4.90. The first-order chi connectivity index (χ1) is 33.3. The van der Waals surface area contributed by atoms with E-state index in [0.29, 0.717) is 0 Å². The minimum atomic E-state index is -0.578. The molecule has 1 spiro atoms. The van der Waals surface area contributed by atoms with E-state index < -0.39 is 5.41 Å². The van der Waals surface area contributed by atoms with Crippen LogP contribution in [0.25, 0.3) is 55.3 Å². The molecule has 0 fully saturated rings. The van der Waals surface area contributed by atoms with Crippen molar-refractivity contribution in [2.24, 2.45) is 0 Å². The second-order valence-electron chi connectivity index (χ2n) is 17.6. The zero-order valence-corrected chi connectivity index (χ0v) is 36.8. The molecule has 0 saturated heterocycles. The summed E-state index contributed by atoms with van der Waals surface area (Å²) < 4.78 is 0. The van der Waals surface area contributed by atoms with Gasteiger partial charge in [-0.1, -0.05) is 206 Å². The van der Waals surface area contributed by atoms with E-state index in [0.717, 1.165) is 34.1 Å². The smallest absolute Gasteiger partial charge is 0.0727 e. The third kappa shape index (κ3) is 6.04. The van der Waals surface area contributed by atoms with Crippen LogP contribution in [-0.4, -0.2) is 0 Å². The van der Waals surface area contributed by atoms with Crippen LogP contribution >= 0.6 is 0 Å². The van der Waals surface area contributed by atoms with Crippen molar-refractivity contribution in [2.45, 2.75) is 5.41 Å². The minimum Gasteiger partial charge on any atom is -0.310 e. The lowest BCUT2D eigenvalue weighted by molar-refractivity contribution is 0.793. The van der Waals surface area contributed by atoms with Gasteiger partial charge in [0.05, 0.1) is 16.8 Å². The van der Waals surface area contributed by atoms with Crippen molar-refractivity contribution in [1.29, 1.82) is 0 Å². The van der Waals surface area contributed by atoms with E-state index in [1.165, 1.54) is 77.5 Å². The third-order valence-corrected chi connectivity index (χ3v) is 14.1. The zero-order valence-electron chi connectivity index (χ0n) is 36.8. The Kier molecular flexibility index (Phi) is 9.11. The van der Waals surface area contributed by atoms with Crippen molar-refractivity contribution >= 4 is 44.9 Å². The molecule has 314 valence electrons. The van der Waals surface area contributed by atoms with E-state index in [9.17, 15) is 0 Å². The molecule has 0 amide bonds. The van der Waals surface area contributed by atoms with Crippen molar-refractivity contribution in [3.63, 3.8) is 0 Å². The molecule has 0 N–H and O–H groups in total. The van der Waals surface area contributed by atoms with E-state index in [1.54, 1.807) is 0 Å². The highest BCUT2D eigenvalue weighted by molar-refractivity contribution is 6.03. The maximum Gasteiger partial charge on any atom is 0.0727 e. The van der Waals surface area contributed by atoms with Gasteiger partial charge in [-0.15, -0.1) is 0 Å². The Morgan fingerprint density at radius 1 is 0.254 bits per heavy atom. The fraction of sp³-hybridized carbons (Fsp3) is 0.0154. The second-order valence-corrected chi connectivity index (χ2v) is 17.6. The maximum atomic E-state index is 2.49. The first kappa shape index (κ1) is 38.7. The lowest BCUT2D eigenvalue weighted by Gasteiger charge is -2.33. The molecule has 13 rings (SSSR count). The summed E-state index contributed by atoms with van der Waals surface area (Å²) in [6, 6.07) is 98.0. The van der Waals surface area contributed by atoms with Gasteiger partial charge in [-0.2, -0.15) is 0 Å². The molecule has 11 aromatic rings. The molecular formula is C65H44N2. The summed E-state index contributed by atoms with van der Waals surface area (Å²) in [6.45, 7) is 0. The molecule has 2 heteroatoms. The first-order valence-electron chi connectivity index (χ1n) is 23.2. The molecule has 1 atom stereocenters. The monoisotopic (exact) mass is 852 g/mol. The predicted octanol–water partition coefficient (Wildman–Crippen LogP) is 17.5. The highest BCUT2D eigenvalue weighted by atomic mass is 15.2. The van der Waals surface area contributed by atoms with Crippen molar-refractivity contribution < 1.29 is 0 Å². The lowest BCUT2D eigenvalue weighted by atomic mass is 9.70. The van der Waals surface area contributed by atoms with Crippen molar-refractivity contribution in [1.82, 2.24) is 0 Å². The van der Waals surface area contributed by atoms with Crippen molar-refractivity contribution in [2.75, 3.05) is 9.80 Å². The molecule has 0 aromatic heterocycles. The SMILES string of the molecule is c1ccc(-c2ccccc2N(c2ccccc2)c2cccc3c2-c2ccccc2C32c3ccccc3-c3ccc(N(c4ccccc4)c4ccc(-c5cccc6ccccc56)cc4)cc32)cc1. The Morgan fingerprint density at radius 3 is 1.49 bits per heavy atom. The quantitative estimate of drug-likeness (QED) is 0.150. The fourth-order valence-corrected chi connectivity index (χ4v) is 11.3. The number of benzene rings is 11. The number of fused-ring (bicyclic) bond motifs is 11. The van der Waals surface area contributed by atoms with E-state index in [-0.39, 0.29) is 0 Å². The van der Waals surface area contributed by atoms with Gasteiger partial charge in [-0.3, -0.25) is 0 Å². The summed E-state index contributed by atoms with van der Waals surface area (Å²) in [5.74, 6) is 0. The van der Waals surface area contributed by atoms with Crippen LogP contribution in [0.5, 0.6) is 0 Å². The fourth-order valence-electron chi connectivity index (χ4n) is 11.3. The van der Waals surface area contributed by atoms with Crippen LogP contribution in [0.1, 0.15) is 22.3 Å².